The number of hydrogen-bond donors (Lipinski definition) is 6. The van der Waals surface area contributed by atoms with Crippen molar-refractivity contribution in [3.63, 3.8) is 0 Å². The van der Waals surface area contributed by atoms with E-state index in [2.05, 4.69) is 41.3 Å². The Balaban J connectivity index is 1.07. The summed E-state index contributed by atoms with van der Waals surface area (Å²) in [5.41, 5.74) is 4.75. The van der Waals surface area contributed by atoms with Crippen molar-refractivity contribution >= 4 is 66.8 Å². The number of carboxylic acids is 1. The number of carboxylic acid groups (broad SMARTS) is 1. The van der Waals surface area contributed by atoms with Gasteiger partial charge in [-0.05, 0) is 67.6 Å². The minimum atomic E-state index is -5.02. The van der Waals surface area contributed by atoms with Crippen LogP contribution in [0.15, 0.2) is 46.9 Å². The molecule has 2 unspecified atom stereocenters. The zero-order chi connectivity index (χ0) is 37.2. The Kier molecular flexibility index (Phi) is 10.8. The van der Waals surface area contributed by atoms with Crippen molar-refractivity contribution in [2.45, 2.75) is 50.4 Å². The lowest BCUT2D eigenvalue weighted by atomic mass is 9.84. The first kappa shape index (κ1) is 37.2. The summed E-state index contributed by atoms with van der Waals surface area (Å²) in [6.07, 6.45) is 0.495. The topological polar surface area (TPSA) is 247 Å². The van der Waals surface area contributed by atoms with Crippen LogP contribution in [0.5, 0.6) is 5.75 Å². The molecule has 0 bridgehead atoms. The van der Waals surface area contributed by atoms with Crippen LogP contribution < -0.4 is 26.4 Å². The number of oxime groups is 1. The number of likely N-dealkylation sites (tertiary alicyclic amines) is 1. The number of nitrogens with zero attached hydrogens (tertiary/aromatic N) is 4. The van der Waals surface area contributed by atoms with Gasteiger partial charge in [0.05, 0.1) is 5.54 Å². The molecule has 0 aliphatic carbocycles. The Morgan fingerprint density at radius 3 is 2.50 bits per heavy atom. The molecule has 4 heterocycles. The van der Waals surface area contributed by atoms with Gasteiger partial charge in [0.15, 0.2) is 10.8 Å². The number of rotatable bonds is 15. The predicted octanol–water partition coefficient (Wildman–Crippen LogP) is 1.07. The largest absolute Gasteiger partial charge is 0.489 e. The highest BCUT2D eigenvalue weighted by Crippen LogP contribution is 2.33. The van der Waals surface area contributed by atoms with Gasteiger partial charge in [0, 0.05) is 49.8 Å². The first-order valence-electron chi connectivity index (χ1n) is 16.5. The minimum Gasteiger partial charge on any atom is -0.489 e. The molecule has 280 valence electrons. The number of carbonyl (C=O) groups is 3. The maximum absolute atomic E-state index is 13.3. The molecular formula is C32H40N8O10S2. The second-order valence-corrected chi connectivity index (χ2v) is 15.3. The Hall–Kier alpha value is -4.60. The van der Waals surface area contributed by atoms with E-state index < -0.39 is 58.2 Å². The summed E-state index contributed by atoms with van der Waals surface area (Å²) in [6.45, 7) is 7.82. The van der Waals surface area contributed by atoms with Crippen LogP contribution in [-0.4, -0.2) is 120 Å². The number of nitrogens with two attached hydrogens (primary N) is 1. The van der Waals surface area contributed by atoms with Crippen LogP contribution in [0.1, 0.15) is 32.4 Å². The first-order valence-corrected chi connectivity index (χ1v) is 18.8. The highest BCUT2D eigenvalue weighted by molar-refractivity contribution is 7.80. The number of nitrogen functional groups attached to an aromatic ring is 1. The molecule has 3 aliphatic heterocycles. The third kappa shape index (κ3) is 8.70. The second-order valence-electron chi connectivity index (χ2n) is 13.4. The maximum Gasteiger partial charge on any atom is 0.418 e. The van der Waals surface area contributed by atoms with E-state index in [1.165, 1.54) is 19.2 Å². The summed E-state index contributed by atoms with van der Waals surface area (Å²) in [7, 11) is -5.02. The maximum atomic E-state index is 13.3. The summed E-state index contributed by atoms with van der Waals surface area (Å²) in [5, 5.41) is 26.7. The average Bonchev–Trinajstić information content (AvgIpc) is 3.51. The number of piperidine rings is 1. The molecule has 3 saturated heterocycles. The number of benzene rings is 2. The van der Waals surface area contributed by atoms with Crippen molar-refractivity contribution in [1.29, 1.82) is 0 Å². The summed E-state index contributed by atoms with van der Waals surface area (Å²) in [4.78, 5) is 49.8. The highest BCUT2D eigenvalue weighted by Gasteiger charge is 2.58. The minimum absolute atomic E-state index is 0.0681. The molecule has 0 radical (unpaired) electrons. The molecule has 2 aromatic carbocycles. The van der Waals surface area contributed by atoms with Crippen LogP contribution in [0, 0.1) is 5.92 Å². The number of ether oxygens (including phenoxy) is 1. The van der Waals surface area contributed by atoms with Gasteiger partial charge >= 0.3 is 16.4 Å². The fraction of sp³-hybridized carbons (Fsp3) is 0.469. The molecule has 3 aliphatic rings. The molecule has 3 aromatic rings. The monoisotopic (exact) mass is 760 g/mol. The number of nitrogens with one attached hydrogen (secondary N) is 3. The average molecular weight is 761 g/mol. The molecular weight excluding hydrogens is 721 g/mol. The van der Waals surface area contributed by atoms with Crippen LogP contribution in [0.2, 0.25) is 0 Å². The number of β-lactam (4-membered cyclic amide) rings is 1. The van der Waals surface area contributed by atoms with Crippen molar-refractivity contribution in [3.05, 3.63) is 47.5 Å². The predicted molar refractivity (Wildman–Crippen MR) is 190 cm³/mol. The standard InChI is InChI=1S/C32H40N8O10S2/c1-32(2)27(29(42)40(32)50-52(45,46)47)37-28(41)26(24-17-51-31(33)36-24)38-49-25(30(43)44)16-48-23-6-4-19-11-22(5-3-20(19)12-23)35-21-7-9-39(10-8-21)15-18-13-34-14-18/h3-6,11-12,17-18,21,25,27,34-35H,7-10,13-16H2,1-2H3,(H2,33,36)(H,37,41)(H,43,44)(H,45,46,47)/b38-26-. The van der Waals surface area contributed by atoms with Gasteiger partial charge in [0.1, 0.15) is 24.1 Å². The smallest absolute Gasteiger partial charge is 0.418 e. The van der Waals surface area contributed by atoms with Crippen molar-refractivity contribution < 1.29 is 46.3 Å². The van der Waals surface area contributed by atoms with Gasteiger partial charge in [0.25, 0.3) is 17.9 Å². The number of carbonyl (C=O) groups excluding carboxylic acids is 2. The van der Waals surface area contributed by atoms with Gasteiger partial charge in [-0.1, -0.05) is 17.3 Å². The third-order valence-electron chi connectivity index (χ3n) is 9.20. The lowest BCUT2D eigenvalue weighted by Gasteiger charge is -2.50. The Morgan fingerprint density at radius 1 is 1.17 bits per heavy atom. The molecule has 18 nitrogen and oxygen atoms in total. The molecule has 20 heteroatoms. The number of hydrogen-bond acceptors (Lipinski definition) is 15. The molecule has 0 spiro atoms. The van der Waals surface area contributed by atoms with Crippen LogP contribution in [0.25, 0.3) is 10.8 Å². The van der Waals surface area contributed by atoms with Crippen molar-refractivity contribution in [2.24, 2.45) is 11.1 Å². The van der Waals surface area contributed by atoms with Crippen molar-refractivity contribution in [1.82, 2.24) is 25.6 Å². The molecule has 0 saturated carbocycles. The highest BCUT2D eigenvalue weighted by atomic mass is 32.3. The molecule has 3 fully saturated rings. The normalized spacial score (nSPS) is 20.5. The van der Waals surface area contributed by atoms with Crippen LogP contribution >= 0.6 is 11.3 Å². The lowest BCUT2D eigenvalue weighted by molar-refractivity contribution is -0.218. The molecule has 7 N–H and O–H groups in total. The zero-order valence-electron chi connectivity index (χ0n) is 28.4. The Bertz CT molecular complexity index is 1960. The van der Waals surface area contributed by atoms with E-state index in [0.717, 1.165) is 79.3 Å². The van der Waals surface area contributed by atoms with Gasteiger partial charge < -0.3 is 41.3 Å². The summed E-state index contributed by atoms with van der Waals surface area (Å²) < 4.78 is 41.3. The van der Waals surface area contributed by atoms with Gasteiger partial charge in [0.2, 0.25) is 0 Å². The van der Waals surface area contributed by atoms with E-state index in [-0.39, 0.29) is 10.8 Å². The van der Waals surface area contributed by atoms with E-state index >= 15 is 0 Å². The summed E-state index contributed by atoms with van der Waals surface area (Å²) in [5.74, 6) is -2.28. The molecule has 52 heavy (non-hydrogen) atoms. The number of fused-ring (bicyclic) bond motifs is 1. The number of amides is 2. The number of aromatic nitrogens is 1. The number of aliphatic carboxylic acids is 1. The molecule has 2 atom stereocenters. The Labute approximate surface area is 303 Å². The van der Waals surface area contributed by atoms with E-state index in [4.69, 9.17) is 19.9 Å². The summed E-state index contributed by atoms with van der Waals surface area (Å²) in [6, 6.07) is 10.5. The zero-order valence-corrected chi connectivity index (χ0v) is 30.0. The van der Waals surface area contributed by atoms with Crippen LogP contribution in [0.4, 0.5) is 10.8 Å². The van der Waals surface area contributed by atoms with E-state index in [1.54, 1.807) is 12.1 Å². The molecule has 2 amide bonds. The molecule has 1 aromatic heterocycles. The Morgan fingerprint density at radius 2 is 1.88 bits per heavy atom. The number of thiazole rings is 1. The van der Waals surface area contributed by atoms with E-state index in [1.807, 2.05) is 18.2 Å². The van der Waals surface area contributed by atoms with Crippen molar-refractivity contribution in [2.75, 3.05) is 50.4 Å². The number of hydroxylamine groups is 2. The van der Waals surface area contributed by atoms with Crippen LogP contribution in [-0.2, 0) is 33.9 Å². The fourth-order valence-electron chi connectivity index (χ4n) is 6.20. The SMILES string of the molecule is CC1(C)C(NC(=O)/C(=N\OC(COc2ccc3cc(NC4CCN(CC5CNC5)CC4)ccc3c2)C(=O)O)c2csc(N)n2)C(=O)N1OS(=O)(=O)O. The fourth-order valence-corrected chi connectivity index (χ4v) is 7.20. The van der Waals surface area contributed by atoms with E-state index in [9.17, 15) is 27.9 Å². The van der Waals surface area contributed by atoms with E-state index in [0.29, 0.717) is 16.9 Å². The number of anilines is 2. The molecule has 6 rings (SSSR count). The van der Waals surface area contributed by atoms with Gasteiger partial charge in [-0.15, -0.1) is 15.6 Å². The van der Waals surface area contributed by atoms with Crippen LogP contribution in [0.3, 0.4) is 0 Å². The van der Waals surface area contributed by atoms with Gasteiger partial charge in [-0.25, -0.2) is 9.78 Å². The first-order chi connectivity index (χ1) is 24.7. The lowest BCUT2D eigenvalue weighted by Crippen LogP contribution is -2.76. The second kappa shape index (κ2) is 15.2. The third-order valence-corrected chi connectivity index (χ3v) is 10.2. The van der Waals surface area contributed by atoms with Gasteiger partial charge in [-0.3, -0.25) is 14.1 Å². The quantitative estimate of drug-likeness (QED) is 0.0549. The van der Waals surface area contributed by atoms with Gasteiger partial charge in [-0.2, -0.15) is 13.5 Å². The van der Waals surface area contributed by atoms with Crippen molar-refractivity contribution in [3.8, 4) is 5.75 Å². The summed E-state index contributed by atoms with van der Waals surface area (Å²) >= 11 is 0.970.